The van der Waals surface area contributed by atoms with Crippen molar-refractivity contribution in [1.82, 2.24) is 14.8 Å². The Labute approximate surface area is 143 Å². The van der Waals surface area contributed by atoms with E-state index in [0.29, 0.717) is 12.8 Å². The summed E-state index contributed by atoms with van der Waals surface area (Å²) in [4.78, 5) is 26.4. The number of benzene rings is 1. The molecule has 132 valence electrons. The highest BCUT2D eigenvalue weighted by molar-refractivity contribution is 5.88. The summed E-state index contributed by atoms with van der Waals surface area (Å²) in [5, 5.41) is 3.96. The largest absolute Gasteiger partial charge is 0.508 e. The van der Waals surface area contributed by atoms with Crippen LogP contribution < -0.4 is 5.73 Å². The number of nitrogens with two attached hydrogens (primary N) is 1. The van der Waals surface area contributed by atoms with E-state index in [0.717, 1.165) is 5.56 Å². The lowest BCUT2D eigenvalue weighted by Gasteiger charge is -2.13. The molecule has 0 radical (unpaired) electrons. The summed E-state index contributed by atoms with van der Waals surface area (Å²) in [5.41, 5.74) is 6.00. The fraction of sp³-hybridized carbons (Fsp3) is 0.375. The first-order chi connectivity index (χ1) is 12.1. The van der Waals surface area contributed by atoms with E-state index >= 15 is 0 Å². The minimum atomic E-state index is -0.743. The van der Waals surface area contributed by atoms with Gasteiger partial charge in [-0.15, -0.1) is 5.10 Å². The van der Waals surface area contributed by atoms with Gasteiger partial charge in [0.1, 0.15) is 19.5 Å². The number of carbonyl (C=O) groups excluding carboxylic acids is 2. The van der Waals surface area contributed by atoms with E-state index < -0.39 is 12.1 Å². The molecule has 3 rings (SSSR count). The van der Waals surface area contributed by atoms with E-state index in [1.807, 2.05) is 30.3 Å². The van der Waals surface area contributed by atoms with Crippen LogP contribution in [0.4, 0.5) is 4.79 Å². The Balaban J connectivity index is 1.40. The van der Waals surface area contributed by atoms with Crippen molar-refractivity contribution in [3.05, 3.63) is 48.0 Å². The van der Waals surface area contributed by atoms with Gasteiger partial charge in [-0.3, -0.25) is 4.79 Å². The Hall–Kier alpha value is -2.94. The highest BCUT2D eigenvalue weighted by Crippen LogP contribution is 2.27. The quantitative estimate of drug-likeness (QED) is 0.785. The molecular weight excluding hydrogens is 328 g/mol. The number of rotatable bonds is 6. The maximum Gasteiger partial charge on any atom is 0.508 e. The summed E-state index contributed by atoms with van der Waals surface area (Å²) >= 11 is 0. The summed E-state index contributed by atoms with van der Waals surface area (Å²) in [7, 11) is 0. The molecule has 25 heavy (non-hydrogen) atoms. The van der Waals surface area contributed by atoms with E-state index in [1.54, 1.807) is 0 Å². The third kappa shape index (κ3) is 4.54. The summed E-state index contributed by atoms with van der Waals surface area (Å²) < 4.78 is 17.3. The van der Waals surface area contributed by atoms with Crippen molar-refractivity contribution in [3.8, 4) is 0 Å². The van der Waals surface area contributed by atoms with Gasteiger partial charge in [0, 0.05) is 0 Å². The Morgan fingerprint density at radius 3 is 2.76 bits per heavy atom. The number of amides is 1. The number of hydrogen-bond donors (Lipinski definition) is 1. The number of aromatic nitrogens is 3. The second-order valence-corrected chi connectivity index (χ2v) is 5.54. The van der Waals surface area contributed by atoms with Crippen molar-refractivity contribution in [3.63, 3.8) is 0 Å². The zero-order valence-electron chi connectivity index (χ0n) is 13.4. The Morgan fingerprint density at radius 2 is 2.04 bits per heavy atom. The van der Waals surface area contributed by atoms with Gasteiger partial charge in [-0.25, -0.2) is 14.5 Å². The lowest BCUT2D eigenvalue weighted by molar-refractivity contribution is -0.0436. The first kappa shape index (κ1) is 16.9. The number of hydrogen-bond acceptors (Lipinski definition) is 7. The minimum Gasteiger partial charge on any atom is -0.432 e. The maximum atomic E-state index is 11.6. The van der Waals surface area contributed by atoms with E-state index in [-0.39, 0.29) is 31.4 Å². The molecule has 1 saturated heterocycles. The normalized spacial score (nSPS) is 19.5. The number of primary amides is 1. The van der Waals surface area contributed by atoms with E-state index in [4.69, 9.17) is 19.9 Å². The topological polar surface area (TPSA) is 119 Å². The fourth-order valence-corrected chi connectivity index (χ4v) is 2.45. The second-order valence-electron chi connectivity index (χ2n) is 5.54. The van der Waals surface area contributed by atoms with Crippen LogP contribution in [0.3, 0.4) is 0 Å². The van der Waals surface area contributed by atoms with Crippen LogP contribution in [0.25, 0.3) is 0 Å². The third-order valence-electron chi connectivity index (χ3n) is 3.70. The number of nitrogens with zero attached hydrogens (tertiary/aromatic N) is 3. The van der Waals surface area contributed by atoms with Gasteiger partial charge in [-0.05, 0) is 18.4 Å². The molecule has 1 aromatic heterocycles. The standard InChI is InChI=1S/C16H18N4O5/c17-14(21)15-18-10-20(19-15)13-7-6-12(25-13)9-24-16(22)23-8-11-4-2-1-3-5-11/h1-5,10,12-13H,6-9H2,(H2,17,21)/t12-,13+/m0/s1. The van der Waals surface area contributed by atoms with Crippen molar-refractivity contribution in [1.29, 1.82) is 0 Å². The lowest BCUT2D eigenvalue weighted by Crippen LogP contribution is -2.20. The number of ether oxygens (including phenoxy) is 3. The summed E-state index contributed by atoms with van der Waals surface area (Å²) in [6.45, 7) is 0.240. The molecule has 1 amide bonds. The first-order valence-corrected chi connectivity index (χ1v) is 7.81. The molecule has 0 bridgehead atoms. The van der Waals surface area contributed by atoms with Gasteiger partial charge in [0.2, 0.25) is 5.82 Å². The van der Waals surface area contributed by atoms with E-state index in [2.05, 4.69) is 10.1 Å². The third-order valence-corrected chi connectivity index (χ3v) is 3.70. The average Bonchev–Trinajstić information content (AvgIpc) is 3.28. The van der Waals surface area contributed by atoms with Crippen molar-refractivity contribution >= 4 is 12.1 Å². The van der Waals surface area contributed by atoms with Crippen molar-refractivity contribution in [2.24, 2.45) is 5.73 Å². The summed E-state index contributed by atoms with van der Waals surface area (Å²) in [5.74, 6) is -0.759. The molecule has 0 spiro atoms. The predicted octanol–water partition coefficient (Wildman–Crippen LogP) is 1.41. The van der Waals surface area contributed by atoms with Crippen LogP contribution in [0.2, 0.25) is 0 Å². The van der Waals surface area contributed by atoms with E-state index in [9.17, 15) is 9.59 Å². The molecule has 2 heterocycles. The van der Waals surface area contributed by atoms with Gasteiger partial charge in [0.05, 0.1) is 6.10 Å². The van der Waals surface area contributed by atoms with Crippen LogP contribution >= 0.6 is 0 Å². The van der Waals surface area contributed by atoms with Crippen LogP contribution in [0.5, 0.6) is 0 Å². The molecule has 0 unspecified atom stereocenters. The minimum absolute atomic E-state index is 0.0622. The van der Waals surface area contributed by atoms with Gasteiger partial charge in [0.25, 0.3) is 5.91 Å². The van der Waals surface area contributed by atoms with Crippen LogP contribution in [0.1, 0.15) is 35.3 Å². The zero-order chi connectivity index (χ0) is 17.6. The second kappa shape index (κ2) is 7.75. The van der Waals surface area contributed by atoms with Gasteiger partial charge >= 0.3 is 6.16 Å². The summed E-state index contributed by atoms with van der Waals surface area (Å²) in [6, 6.07) is 9.33. The van der Waals surface area contributed by atoms with Crippen molar-refractivity contribution < 1.29 is 23.8 Å². The fourth-order valence-electron chi connectivity index (χ4n) is 2.45. The Kier molecular flexibility index (Phi) is 5.24. The SMILES string of the molecule is NC(=O)c1ncn([C@H]2CC[C@@H](COC(=O)OCc3ccccc3)O2)n1. The van der Waals surface area contributed by atoms with Crippen LogP contribution in [0.15, 0.2) is 36.7 Å². The van der Waals surface area contributed by atoms with Crippen molar-refractivity contribution in [2.75, 3.05) is 6.61 Å². The monoisotopic (exact) mass is 346 g/mol. The van der Waals surface area contributed by atoms with Crippen LogP contribution in [-0.2, 0) is 20.8 Å². The van der Waals surface area contributed by atoms with E-state index in [1.165, 1.54) is 11.0 Å². The van der Waals surface area contributed by atoms with Crippen LogP contribution in [-0.4, -0.2) is 39.5 Å². The molecule has 1 aliphatic heterocycles. The molecule has 0 aliphatic carbocycles. The Bertz CT molecular complexity index is 733. The van der Waals surface area contributed by atoms with Crippen molar-refractivity contribution in [2.45, 2.75) is 31.8 Å². The Morgan fingerprint density at radius 1 is 1.24 bits per heavy atom. The average molecular weight is 346 g/mol. The lowest BCUT2D eigenvalue weighted by atomic mass is 10.2. The molecule has 1 aromatic carbocycles. The van der Waals surface area contributed by atoms with Gasteiger partial charge in [-0.1, -0.05) is 30.3 Å². The highest BCUT2D eigenvalue weighted by atomic mass is 16.7. The maximum absolute atomic E-state index is 11.6. The predicted molar refractivity (Wildman–Crippen MR) is 84.3 cm³/mol. The smallest absolute Gasteiger partial charge is 0.432 e. The highest BCUT2D eigenvalue weighted by Gasteiger charge is 2.29. The zero-order valence-corrected chi connectivity index (χ0v) is 13.4. The molecular formula is C16H18N4O5. The number of carbonyl (C=O) groups is 2. The van der Waals surface area contributed by atoms with Gasteiger partial charge < -0.3 is 19.9 Å². The molecule has 0 saturated carbocycles. The molecule has 2 aromatic rings. The molecule has 2 N–H and O–H groups in total. The van der Waals surface area contributed by atoms with Crippen LogP contribution in [0, 0.1) is 0 Å². The summed E-state index contributed by atoms with van der Waals surface area (Å²) in [6.07, 6.45) is 1.36. The first-order valence-electron chi connectivity index (χ1n) is 7.81. The molecule has 1 aliphatic rings. The van der Waals surface area contributed by atoms with Gasteiger partial charge in [-0.2, -0.15) is 0 Å². The molecule has 9 nitrogen and oxygen atoms in total. The van der Waals surface area contributed by atoms with Gasteiger partial charge in [0.15, 0.2) is 6.23 Å². The molecule has 9 heteroatoms. The molecule has 1 fully saturated rings. The molecule has 2 atom stereocenters.